The van der Waals surface area contributed by atoms with Gasteiger partial charge in [-0.05, 0) is 37.5 Å². The van der Waals surface area contributed by atoms with Gasteiger partial charge >= 0.3 is 0 Å². The summed E-state index contributed by atoms with van der Waals surface area (Å²) in [6, 6.07) is 8.16. The van der Waals surface area contributed by atoms with E-state index in [1.54, 1.807) is 0 Å². The van der Waals surface area contributed by atoms with Crippen LogP contribution in [0.5, 0.6) is 5.75 Å². The van der Waals surface area contributed by atoms with Gasteiger partial charge in [0.05, 0.1) is 12.7 Å². The van der Waals surface area contributed by atoms with Gasteiger partial charge in [-0.1, -0.05) is 19.1 Å². The number of rotatable bonds is 5. The zero-order chi connectivity index (χ0) is 13.0. The Hall–Kier alpha value is -1.06. The minimum absolute atomic E-state index is 0.0397. The van der Waals surface area contributed by atoms with Gasteiger partial charge in [0.15, 0.2) is 0 Å². The Morgan fingerprint density at radius 2 is 2.28 bits per heavy atom. The molecule has 3 nitrogen and oxygen atoms in total. The molecule has 0 saturated carbocycles. The molecule has 1 aromatic carbocycles. The lowest BCUT2D eigenvalue weighted by molar-refractivity contribution is 0.0813. The molecule has 1 aliphatic rings. The van der Waals surface area contributed by atoms with Crippen LogP contribution >= 0.6 is 0 Å². The molecular formula is C15H23NO2. The maximum atomic E-state index is 6.40. The van der Waals surface area contributed by atoms with Gasteiger partial charge in [-0.15, -0.1) is 0 Å². The molecule has 0 amide bonds. The summed E-state index contributed by atoms with van der Waals surface area (Å²) < 4.78 is 11.2. The highest BCUT2D eigenvalue weighted by Crippen LogP contribution is 2.34. The molecule has 3 heteroatoms. The van der Waals surface area contributed by atoms with Gasteiger partial charge in [-0.25, -0.2) is 0 Å². The lowest BCUT2D eigenvalue weighted by Crippen LogP contribution is -2.28. The molecule has 0 radical (unpaired) electrons. The van der Waals surface area contributed by atoms with Crippen LogP contribution in [-0.4, -0.2) is 19.3 Å². The van der Waals surface area contributed by atoms with Gasteiger partial charge < -0.3 is 15.2 Å². The van der Waals surface area contributed by atoms with E-state index >= 15 is 0 Å². The second-order valence-corrected chi connectivity index (χ2v) is 4.80. The van der Waals surface area contributed by atoms with E-state index in [0.717, 1.165) is 30.8 Å². The van der Waals surface area contributed by atoms with Crippen molar-refractivity contribution >= 4 is 0 Å². The Kier molecular flexibility index (Phi) is 4.61. The second kappa shape index (κ2) is 6.21. The molecular weight excluding hydrogens is 226 g/mol. The van der Waals surface area contributed by atoms with Gasteiger partial charge in [-0.3, -0.25) is 0 Å². The van der Waals surface area contributed by atoms with Crippen LogP contribution in [-0.2, 0) is 4.74 Å². The summed E-state index contributed by atoms with van der Waals surface area (Å²) in [5.74, 6) is 1.32. The molecule has 100 valence electrons. The number of hydrogen-bond donors (Lipinski definition) is 1. The minimum Gasteiger partial charge on any atom is -0.494 e. The Bertz CT molecular complexity index is 381. The van der Waals surface area contributed by atoms with Crippen molar-refractivity contribution in [3.05, 3.63) is 29.8 Å². The van der Waals surface area contributed by atoms with E-state index < -0.39 is 0 Å². The fourth-order valence-electron chi connectivity index (χ4n) is 2.72. The SMILES string of the molecule is CCOc1cccc(C(N)C2CCOC2CC)c1. The lowest BCUT2D eigenvalue weighted by Gasteiger charge is -2.24. The monoisotopic (exact) mass is 249 g/mol. The molecule has 3 atom stereocenters. The molecule has 1 aliphatic heterocycles. The van der Waals surface area contributed by atoms with E-state index in [1.165, 1.54) is 0 Å². The Balaban J connectivity index is 2.12. The summed E-state index contributed by atoms with van der Waals surface area (Å²) in [4.78, 5) is 0. The van der Waals surface area contributed by atoms with Crippen molar-refractivity contribution in [2.24, 2.45) is 11.7 Å². The molecule has 18 heavy (non-hydrogen) atoms. The zero-order valence-corrected chi connectivity index (χ0v) is 11.3. The first-order valence-electron chi connectivity index (χ1n) is 6.86. The maximum Gasteiger partial charge on any atom is 0.119 e. The summed E-state index contributed by atoms with van der Waals surface area (Å²) in [5.41, 5.74) is 7.54. The van der Waals surface area contributed by atoms with Crippen LogP contribution in [0.2, 0.25) is 0 Å². The molecule has 2 rings (SSSR count). The summed E-state index contributed by atoms with van der Waals surface area (Å²) in [6.45, 7) is 5.67. The molecule has 0 aromatic heterocycles. The molecule has 0 bridgehead atoms. The second-order valence-electron chi connectivity index (χ2n) is 4.80. The van der Waals surface area contributed by atoms with Crippen molar-refractivity contribution in [1.29, 1.82) is 0 Å². The van der Waals surface area contributed by atoms with Crippen molar-refractivity contribution in [3.8, 4) is 5.75 Å². The quantitative estimate of drug-likeness (QED) is 0.872. The van der Waals surface area contributed by atoms with Crippen molar-refractivity contribution in [1.82, 2.24) is 0 Å². The molecule has 1 aromatic rings. The molecule has 0 spiro atoms. The predicted molar refractivity (Wildman–Crippen MR) is 72.7 cm³/mol. The average molecular weight is 249 g/mol. The van der Waals surface area contributed by atoms with E-state index in [-0.39, 0.29) is 6.04 Å². The van der Waals surface area contributed by atoms with Gasteiger partial charge in [0.1, 0.15) is 5.75 Å². The molecule has 1 heterocycles. The van der Waals surface area contributed by atoms with Crippen molar-refractivity contribution < 1.29 is 9.47 Å². The van der Waals surface area contributed by atoms with E-state index in [1.807, 2.05) is 19.1 Å². The Morgan fingerprint density at radius 3 is 3.00 bits per heavy atom. The molecule has 0 aliphatic carbocycles. The summed E-state index contributed by atoms with van der Waals surface area (Å²) in [7, 11) is 0. The minimum atomic E-state index is 0.0397. The standard InChI is InChI=1S/C15H23NO2/c1-3-14-13(8-9-18-14)15(16)11-6-5-7-12(10-11)17-4-2/h5-7,10,13-15H,3-4,8-9,16H2,1-2H3. The predicted octanol–water partition coefficient (Wildman–Crippen LogP) is 2.90. The van der Waals surface area contributed by atoms with Gasteiger partial charge in [0.2, 0.25) is 0 Å². The largest absolute Gasteiger partial charge is 0.494 e. The number of hydrogen-bond acceptors (Lipinski definition) is 3. The first kappa shape index (κ1) is 13.4. The first-order chi connectivity index (χ1) is 8.76. The maximum absolute atomic E-state index is 6.40. The van der Waals surface area contributed by atoms with Crippen molar-refractivity contribution in [2.75, 3.05) is 13.2 Å². The van der Waals surface area contributed by atoms with E-state index in [4.69, 9.17) is 15.2 Å². The van der Waals surface area contributed by atoms with Crippen LogP contribution in [0.1, 0.15) is 38.3 Å². The molecule has 1 fully saturated rings. The zero-order valence-electron chi connectivity index (χ0n) is 11.3. The van der Waals surface area contributed by atoms with Crippen LogP contribution < -0.4 is 10.5 Å². The van der Waals surface area contributed by atoms with Gasteiger partial charge in [0.25, 0.3) is 0 Å². The number of ether oxygens (including phenoxy) is 2. The number of nitrogens with two attached hydrogens (primary N) is 1. The third-order valence-corrected chi connectivity index (χ3v) is 3.68. The third kappa shape index (κ3) is 2.85. The van der Waals surface area contributed by atoms with Gasteiger partial charge in [0, 0.05) is 18.6 Å². The lowest BCUT2D eigenvalue weighted by atomic mass is 9.87. The van der Waals surface area contributed by atoms with Crippen LogP contribution in [0.3, 0.4) is 0 Å². The third-order valence-electron chi connectivity index (χ3n) is 3.68. The fraction of sp³-hybridized carbons (Fsp3) is 0.600. The average Bonchev–Trinajstić information content (AvgIpc) is 2.87. The fourth-order valence-corrected chi connectivity index (χ4v) is 2.72. The van der Waals surface area contributed by atoms with Crippen LogP contribution in [0, 0.1) is 5.92 Å². The molecule has 1 saturated heterocycles. The van der Waals surface area contributed by atoms with Crippen molar-refractivity contribution in [3.63, 3.8) is 0 Å². The van der Waals surface area contributed by atoms with Gasteiger partial charge in [-0.2, -0.15) is 0 Å². The Morgan fingerprint density at radius 1 is 1.44 bits per heavy atom. The van der Waals surface area contributed by atoms with E-state index in [0.29, 0.717) is 18.6 Å². The molecule has 2 N–H and O–H groups in total. The molecule has 3 unspecified atom stereocenters. The topological polar surface area (TPSA) is 44.5 Å². The van der Waals surface area contributed by atoms with E-state index in [2.05, 4.69) is 19.1 Å². The highest BCUT2D eigenvalue weighted by Gasteiger charge is 2.32. The van der Waals surface area contributed by atoms with E-state index in [9.17, 15) is 0 Å². The van der Waals surface area contributed by atoms with Crippen molar-refractivity contribution in [2.45, 2.75) is 38.8 Å². The smallest absolute Gasteiger partial charge is 0.119 e. The summed E-state index contributed by atoms with van der Waals surface area (Å²) in [6.07, 6.45) is 2.39. The Labute approximate surface area is 109 Å². The summed E-state index contributed by atoms with van der Waals surface area (Å²) >= 11 is 0. The van der Waals surface area contributed by atoms with Crippen LogP contribution in [0.15, 0.2) is 24.3 Å². The highest BCUT2D eigenvalue weighted by atomic mass is 16.5. The first-order valence-corrected chi connectivity index (χ1v) is 6.86. The highest BCUT2D eigenvalue weighted by molar-refractivity contribution is 5.31. The normalized spacial score (nSPS) is 25.1. The van der Waals surface area contributed by atoms with Crippen LogP contribution in [0.25, 0.3) is 0 Å². The number of benzene rings is 1. The summed E-state index contributed by atoms with van der Waals surface area (Å²) in [5, 5.41) is 0. The van der Waals surface area contributed by atoms with Crippen LogP contribution in [0.4, 0.5) is 0 Å².